The van der Waals surface area contributed by atoms with E-state index >= 15 is 0 Å². The van der Waals surface area contributed by atoms with Gasteiger partial charge in [-0.25, -0.2) is 0 Å². The van der Waals surface area contributed by atoms with Crippen molar-refractivity contribution in [1.29, 1.82) is 0 Å². The van der Waals surface area contributed by atoms with Gasteiger partial charge in [-0.3, -0.25) is 14.9 Å². The Hall–Kier alpha value is -1.86. The molecule has 1 aromatic carbocycles. The van der Waals surface area contributed by atoms with E-state index in [1.165, 1.54) is 44.6 Å². The van der Waals surface area contributed by atoms with Crippen molar-refractivity contribution in [2.75, 3.05) is 31.1 Å². The first-order valence-electron chi connectivity index (χ1n) is 10.2. The van der Waals surface area contributed by atoms with E-state index in [2.05, 4.69) is 10.6 Å². The summed E-state index contributed by atoms with van der Waals surface area (Å²) >= 11 is 0. The lowest BCUT2D eigenvalue weighted by Gasteiger charge is -2.18. The highest BCUT2D eigenvalue weighted by atomic mass is 35.5. The highest BCUT2D eigenvalue weighted by Gasteiger charge is 2.23. The predicted molar refractivity (Wildman–Crippen MR) is 114 cm³/mol. The molecule has 1 aromatic rings. The van der Waals surface area contributed by atoms with Crippen LogP contribution in [-0.4, -0.2) is 43.1 Å². The van der Waals surface area contributed by atoms with Crippen LogP contribution in [0.25, 0.3) is 0 Å². The molecule has 7 nitrogen and oxygen atoms in total. The monoisotopic (exact) mass is 410 g/mol. The molecule has 0 aromatic heterocycles. The van der Waals surface area contributed by atoms with E-state index in [0.717, 1.165) is 32.5 Å². The minimum atomic E-state index is -0.391. The van der Waals surface area contributed by atoms with Gasteiger partial charge < -0.3 is 15.5 Å². The quantitative estimate of drug-likeness (QED) is 0.310. The summed E-state index contributed by atoms with van der Waals surface area (Å²) in [5.41, 5.74) is 0.976. The third-order valence-corrected chi connectivity index (χ3v) is 5.58. The summed E-state index contributed by atoms with van der Waals surface area (Å²) < 4.78 is 0. The first-order valence-corrected chi connectivity index (χ1v) is 10.2. The summed E-state index contributed by atoms with van der Waals surface area (Å²) in [5.74, 6) is -0.256. The van der Waals surface area contributed by atoms with Crippen molar-refractivity contribution in [2.24, 2.45) is 0 Å². The lowest BCUT2D eigenvalue weighted by atomic mass is 10.1. The standard InChI is InChI=1S/C20H30N4O3.ClH/c25-20(22-12-11-21-17-7-3-1-2-4-8-17)16-9-10-18(19(15-16)24(26)27)23-13-5-6-14-23;/h9-10,15,17,21H,1-8,11-14H2,(H,22,25);1H. The van der Waals surface area contributed by atoms with Gasteiger partial charge in [-0.1, -0.05) is 25.7 Å². The number of hydrogen-bond acceptors (Lipinski definition) is 5. The normalized spacial score (nSPS) is 17.6. The SMILES string of the molecule is Cl.O=C(NCCNC1CCCCCC1)c1ccc(N2CCCC2)c([N+](=O)[O-])c1. The Labute approximate surface area is 172 Å². The zero-order valence-electron chi connectivity index (χ0n) is 16.3. The largest absolute Gasteiger partial charge is 0.366 e. The van der Waals surface area contributed by atoms with Gasteiger partial charge >= 0.3 is 0 Å². The van der Waals surface area contributed by atoms with Crippen LogP contribution in [0, 0.1) is 10.1 Å². The molecule has 28 heavy (non-hydrogen) atoms. The highest BCUT2D eigenvalue weighted by Crippen LogP contribution is 2.31. The van der Waals surface area contributed by atoms with Crippen LogP contribution in [-0.2, 0) is 0 Å². The highest BCUT2D eigenvalue weighted by molar-refractivity contribution is 5.95. The van der Waals surface area contributed by atoms with Crippen molar-refractivity contribution in [3.05, 3.63) is 33.9 Å². The summed E-state index contributed by atoms with van der Waals surface area (Å²) in [6.07, 6.45) is 9.70. The molecule has 1 saturated carbocycles. The number of nitrogens with one attached hydrogen (secondary N) is 2. The van der Waals surface area contributed by atoms with Crippen LogP contribution in [0.4, 0.5) is 11.4 Å². The van der Waals surface area contributed by atoms with Crippen molar-refractivity contribution in [1.82, 2.24) is 10.6 Å². The van der Waals surface area contributed by atoms with Crippen LogP contribution in [0.15, 0.2) is 18.2 Å². The number of nitro benzene ring substituents is 1. The lowest BCUT2D eigenvalue weighted by molar-refractivity contribution is -0.384. The predicted octanol–water partition coefficient (Wildman–Crippen LogP) is 3.66. The average molecular weight is 411 g/mol. The molecule has 1 aliphatic carbocycles. The van der Waals surface area contributed by atoms with Gasteiger partial charge in [0.05, 0.1) is 4.92 Å². The summed E-state index contributed by atoms with van der Waals surface area (Å²) in [6, 6.07) is 5.35. The van der Waals surface area contributed by atoms with Gasteiger partial charge in [0.25, 0.3) is 11.6 Å². The minimum absolute atomic E-state index is 0. The molecule has 3 rings (SSSR count). The van der Waals surface area contributed by atoms with E-state index < -0.39 is 4.92 Å². The molecular formula is C20H31ClN4O3. The molecule has 2 N–H and O–H groups in total. The first-order chi connectivity index (χ1) is 13.1. The van der Waals surface area contributed by atoms with Gasteiger partial charge in [0.15, 0.2) is 0 Å². The van der Waals surface area contributed by atoms with Crippen molar-refractivity contribution in [3.63, 3.8) is 0 Å². The fraction of sp³-hybridized carbons (Fsp3) is 0.650. The molecule has 8 heteroatoms. The van der Waals surface area contributed by atoms with E-state index in [-0.39, 0.29) is 24.0 Å². The third kappa shape index (κ3) is 6.07. The number of anilines is 1. The Morgan fingerprint density at radius 3 is 2.39 bits per heavy atom. The minimum Gasteiger partial charge on any atom is -0.366 e. The summed E-state index contributed by atoms with van der Waals surface area (Å²) in [6.45, 7) is 2.92. The Morgan fingerprint density at radius 1 is 1.07 bits per heavy atom. The molecular weight excluding hydrogens is 380 g/mol. The van der Waals surface area contributed by atoms with E-state index in [0.29, 0.717) is 23.8 Å². The number of halogens is 1. The second-order valence-electron chi connectivity index (χ2n) is 7.55. The summed E-state index contributed by atoms with van der Waals surface area (Å²) in [4.78, 5) is 25.5. The van der Waals surface area contributed by atoms with Crippen LogP contribution >= 0.6 is 12.4 Å². The number of nitro groups is 1. The molecule has 0 atom stereocenters. The Morgan fingerprint density at radius 2 is 1.75 bits per heavy atom. The molecule has 1 saturated heterocycles. The van der Waals surface area contributed by atoms with Gasteiger partial charge in [0, 0.05) is 43.9 Å². The molecule has 156 valence electrons. The Kier molecular flexibility index (Phi) is 8.99. The maximum Gasteiger partial charge on any atom is 0.293 e. The number of hydrogen-bond donors (Lipinski definition) is 2. The van der Waals surface area contributed by atoms with E-state index in [1.54, 1.807) is 12.1 Å². The maximum atomic E-state index is 12.4. The summed E-state index contributed by atoms with van der Waals surface area (Å²) in [5, 5.41) is 17.8. The second-order valence-corrected chi connectivity index (χ2v) is 7.55. The lowest BCUT2D eigenvalue weighted by Crippen LogP contribution is -2.36. The van der Waals surface area contributed by atoms with Gasteiger partial charge in [-0.05, 0) is 37.8 Å². The molecule has 0 spiro atoms. The zero-order chi connectivity index (χ0) is 19.1. The van der Waals surface area contributed by atoms with Crippen LogP contribution in [0.2, 0.25) is 0 Å². The van der Waals surface area contributed by atoms with Gasteiger partial charge in [0.1, 0.15) is 5.69 Å². The van der Waals surface area contributed by atoms with Gasteiger partial charge in [-0.2, -0.15) is 0 Å². The fourth-order valence-electron chi connectivity index (χ4n) is 4.07. The van der Waals surface area contributed by atoms with Gasteiger partial charge in [0.2, 0.25) is 0 Å². The van der Waals surface area contributed by atoms with Crippen LogP contribution < -0.4 is 15.5 Å². The number of amides is 1. The fourth-order valence-corrected chi connectivity index (χ4v) is 4.07. The molecule has 0 bridgehead atoms. The molecule has 0 unspecified atom stereocenters. The molecule has 1 aliphatic heterocycles. The molecule has 2 aliphatic rings. The Bertz CT molecular complexity index is 657. The molecule has 1 amide bonds. The number of carbonyl (C=O) groups is 1. The second kappa shape index (κ2) is 11.2. The maximum absolute atomic E-state index is 12.4. The molecule has 2 fully saturated rings. The average Bonchev–Trinajstić information content (AvgIpc) is 3.08. The van der Waals surface area contributed by atoms with Crippen molar-refractivity contribution in [2.45, 2.75) is 57.4 Å². The topological polar surface area (TPSA) is 87.5 Å². The Balaban J connectivity index is 0.00000280. The number of carbonyl (C=O) groups excluding carboxylic acids is 1. The number of rotatable bonds is 7. The van der Waals surface area contributed by atoms with Crippen LogP contribution in [0.5, 0.6) is 0 Å². The van der Waals surface area contributed by atoms with Crippen LogP contribution in [0.3, 0.4) is 0 Å². The van der Waals surface area contributed by atoms with E-state index in [1.807, 2.05) is 4.90 Å². The van der Waals surface area contributed by atoms with Crippen molar-refractivity contribution < 1.29 is 9.72 Å². The molecule has 1 heterocycles. The van der Waals surface area contributed by atoms with E-state index in [4.69, 9.17) is 0 Å². The van der Waals surface area contributed by atoms with Crippen molar-refractivity contribution in [3.8, 4) is 0 Å². The zero-order valence-corrected chi connectivity index (χ0v) is 17.1. The smallest absolute Gasteiger partial charge is 0.293 e. The van der Waals surface area contributed by atoms with E-state index in [9.17, 15) is 14.9 Å². The van der Waals surface area contributed by atoms with Crippen LogP contribution in [0.1, 0.15) is 61.7 Å². The third-order valence-electron chi connectivity index (χ3n) is 5.58. The summed E-state index contributed by atoms with van der Waals surface area (Å²) in [7, 11) is 0. The number of benzene rings is 1. The van der Waals surface area contributed by atoms with Crippen molar-refractivity contribution >= 4 is 29.7 Å². The molecule has 0 radical (unpaired) electrons. The number of nitrogens with zero attached hydrogens (tertiary/aromatic N) is 2. The first kappa shape index (κ1) is 22.4. The van der Waals surface area contributed by atoms with Gasteiger partial charge in [-0.15, -0.1) is 12.4 Å².